The summed E-state index contributed by atoms with van der Waals surface area (Å²) in [5, 5.41) is 0. The van der Waals surface area contributed by atoms with Crippen LogP contribution in [0.3, 0.4) is 0 Å². The Kier molecular flexibility index (Phi) is 8.57. The van der Waals surface area contributed by atoms with E-state index in [1.165, 1.54) is 12.8 Å². The summed E-state index contributed by atoms with van der Waals surface area (Å²) in [4.78, 5) is 25.0. The Morgan fingerprint density at radius 1 is 1.00 bits per heavy atom. The standard InChI is InChI=1S/C30H40O4/c1-7-23-18-24(15-17-26(23)22(4)31)27-16-14-20(2)21(3)28(27)33-19-30(5,6)29(32)34-25-12-10-8-9-11-13-25/h14-18,25H,7-13,19H2,1-6H3. The van der Waals surface area contributed by atoms with Crippen LogP contribution in [-0.4, -0.2) is 24.5 Å². The predicted molar refractivity (Wildman–Crippen MR) is 138 cm³/mol. The first kappa shape index (κ1) is 26.0. The fraction of sp³-hybridized carbons (Fsp3) is 0.533. The molecule has 184 valence electrons. The molecule has 3 rings (SSSR count). The molecule has 0 aliphatic heterocycles. The van der Waals surface area contributed by atoms with Gasteiger partial charge >= 0.3 is 5.97 Å². The summed E-state index contributed by atoms with van der Waals surface area (Å²) in [6.45, 7) is 11.8. The zero-order chi connectivity index (χ0) is 24.9. The zero-order valence-electron chi connectivity index (χ0n) is 21.8. The third kappa shape index (κ3) is 6.08. The number of Topliss-reactive ketones (excluding diaryl/α,β-unsaturated/α-hetero) is 1. The average molecular weight is 465 g/mol. The highest BCUT2D eigenvalue weighted by molar-refractivity contribution is 5.96. The van der Waals surface area contributed by atoms with Crippen LogP contribution >= 0.6 is 0 Å². The number of benzene rings is 2. The highest BCUT2D eigenvalue weighted by Gasteiger charge is 2.33. The number of ether oxygens (including phenoxy) is 2. The monoisotopic (exact) mass is 464 g/mol. The molecule has 1 saturated carbocycles. The highest BCUT2D eigenvalue weighted by Crippen LogP contribution is 2.37. The summed E-state index contributed by atoms with van der Waals surface area (Å²) in [6.07, 6.45) is 7.43. The van der Waals surface area contributed by atoms with Crippen LogP contribution in [0.5, 0.6) is 5.75 Å². The zero-order valence-corrected chi connectivity index (χ0v) is 21.8. The van der Waals surface area contributed by atoms with Crippen LogP contribution in [0.25, 0.3) is 11.1 Å². The van der Waals surface area contributed by atoms with Crippen molar-refractivity contribution in [2.75, 3.05) is 6.61 Å². The lowest BCUT2D eigenvalue weighted by molar-refractivity contribution is -0.161. The van der Waals surface area contributed by atoms with Gasteiger partial charge in [-0.05, 0) is 89.0 Å². The predicted octanol–water partition coefficient (Wildman–Crippen LogP) is 7.41. The van der Waals surface area contributed by atoms with Crippen molar-refractivity contribution in [1.82, 2.24) is 0 Å². The van der Waals surface area contributed by atoms with Crippen LogP contribution in [-0.2, 0) is 16.0 Å². The van der Waals surface area contributed by atoms with Gasteiger partial charge in [0, 0.05) is 11.1 Å². The number of aryl methyl sites for hydroxylation is 2. The minimum atomic E-state index is -0.757. The van der Waals surface area contributed by atoms with E-state index in [4.69, 9.17) is 9.47 Å². The van der Waals surface area contributed by atoms with Crippen LogP contribution in [0.2, 0.25) is 0 Å². The van der Waals surface area contributed by atoms with Gasteiger partial charge in [0.1, 0.15) is 18.5 Å². The van der Waals surface area contributed by atoms with Gasteiger partial charge in [0.05, 0.1) is 5.41 Å². The molecule has 2 aromatic carbocycles. The number of rotatable bonds is 8. The van der Waals surface area contributed by atoms with Crippen LogP contribution in [0.1, 0.15) is 93.3 Å². The number of hydrogen-bond acceptors (Lipinski definition) is 4. The molecule has 1 aliphatic carbocycles. The number of carbonyl (C=O) groups excluding carboxylic acids is 2. The summed E-state index contributed by atoms with van der Waals surface area (Å²) in [7, 11) is 0. The van der Waals surface area contributed by atoms with Crippen LogP contribution in [0.15, 0.2) is 30.3 Å². The Bertz CT molecular complexity index is 1030. The molecule has 2 aromatic rings. The van der Waals surface area contributed by atoms with E-state index >= 15 is 0 Å². The molecule has 0 heterocycles. The maximum absolute atomic E-state index is 13.0. The molecule has 0 bridgehead atoms. The highest BCUT2D eigenvalue weighted by atomic mass is 16.5. The smallest absolute Gasteiger partial charge is 0.315 e. The Morgan fingerprint density at radius 3 is 2.29 bits per heavy atom. The topological polar surface area (TPSA) is 52.6 Å². The quantitative estimate of drug-likeness (QED) is 0.232. The molecule has 0 aromatic heterocycles. The van der Waals surface area contributed by atoms with E-state index in [1.807, 2.05) is 26.0 Å². The molecule has 4 heteroatoms. The Hall–Kier alpha value is -2.62. The second kappa shape index (κ2) is 11.2. The van der Waals surface area contributed by atoms with Crippen LogP contribution in [0.4, 0.5) is 0 Å². The molecule has 4 nitrogen and oxygen atoms in total. The van der Waals surface area contributed by atoms with Gasteiger partial charge in [0.15, 0.2) is 5.78 Å². The molecule has 34 heavy (non-hydrogen) atoms. The van der Waals surface area contributed by atoms with Crippen molar-refractivity contribution in [3.8, 4) is 16.9 Å². The van der Waals surface area contributed by atoms with E-state index in [9.17, 15) is 9.59 Å². The first-order valence-corrected chi connectivity index (χ1v) is 12.7. The summed E-state index contributed by atoms with van der Waals surface area (Å²) < 4.78 is 12.3. The second-order valence-electron chi connectivity index (χ2n) is 10.4. The SMILES string of the molecule is CCc1cc(-c2ccc(C)c(C)c2OCC(C)(C)C(=O)OC2CCCCCC2)ccc1C(C)=O. The van der Waals surface area contributed by atoms with E-state index in [1.54, 1.807) is 6.92 Å². The first-order valence-electron chi connectivity index (χ1n) is 12.7. The molecule has 1 fully saturated rings. The van der Waals surface area contributed by atoms with Crippen LogP contribution < -0.4 is 4.74 Å². The molecule has 0 saturated heterocycles. The lowest BCUT2D eigenvalue weighted by Gasteiger charge is -2.27. The van der Waals surface area contributed by atoms with Crippen molar-refractivity contribution in [2.45, 2.75) is 92.6 Å². The van der Waals surface area contributed by atoms with Gasteiger partial charge in [0.25, 0.3) is 0 Å². The molecule has 0 unspecified atom stereocenters. The first-order chi connectivity index (χ1) is 16.1. The molecule has 0 atom stereocenters. The molecule has 0 N–H and O–H groups in total. The normalized spacial score (nSPS) is 15.0. The number of esters is 1. The number of hydrogen-bond donors (Lipinski definition) is 0. The number of ketones is 1. The van der Waals surface area contributed by atoms with Crippen molar-refractivity contribution in [2.24, 2.45) is 5.41 Å². The van der Waals surface area contributed by atoms with Crippen molar-refractivity contribution in [3.05, 3.63) is 52.6 Å². The summed E-state index contributed by atoms with van der Waals surface area (Å²) >= 11 is 0. The minimum Gasteiger partial charge on any atom is -0.491 e. The summed E-state index contributed by atoms with van der Waals surface area (Å²) in [5.74, 6) is 0.673. The van der Waals surface area contributed by atoms with E-state index < -0.39 is 5.41 Å². The Morgan fingerprint density at radius 2 is 1.68 bits per heavy atom. The van der Waals surface area contributed by atoms with Crippen molar-refractivity contribution in [1.29, 1.82) is 0 Å². The third-order valence-electron chi connectivity index (χ3n) is 7.06. The van der Waals surface area contributed by atoms with Gasteiger partial charge in [-0.25, -0.2) is 0 Å². The van der Waals surface area contributed by atoms with E-state index in [0.29, 0.717) is 0 Å². The van der Waals surface area contributed by atoms with E-state index in [-0.39, 0.29) is 24.5 Å². The van der Waals surface area contributed by atoms with Gasteiger partial charge in [-0.3, -0.25) is 9.59 Å². The third-order valence-corrected chi connectivity index (χ3v) is 7.06. The van der Waals surface area contributed by atoms with Gasteiger partial charge < -0.3 is 9.47 Å². The van der Waals surface area contributed by atoms with E-state index in [2.05, 4.69) is 39.0 Å². The largest absolute Gasteiger partial charge is 0.491 e. The van der Waals surface area contributed by atoms with Gasteiger partial charge in [-0.1, -0.05) is 50.1 Å². The maximum Gasteiger partial charge on any atom is 0.315 e. The summed E-state index contributed by atoms with van der Waals surface area (Å²) in [6, 6.07) is 10.1. The van der Waals surface area contributed by atoms with Gasteiger partial charge in [-0.2, -0.15) is 0 Å². The Labute approximate surface area is 205 Å². The van der Waals surface area contributed by atoms with Crippen LogP contribution in [0, 0.1) is 19.3 Å². The molecular formula is C30H40O4. The molecule has 0 amide bonds. The lowest BCUT2D eigenvalue weighted by atomic mass is 9.92. The Balaban J connectivity index is 1.84. The fourth-order valence-electron chi connectivity index (χ4n) is 4.58. The molecular weight excluding hydrogens is 424 g/mol. The van der Waals surface area contributed by atoms with E-state index in [0.717, 1.165) is 71.2 Å². The molecule has 1 aliphatic rings. The van der Waals surface area contributed by atoms with Crippen molar-refractivity contribution in [3.63, 3.8) is 0 Å². The van der Waals surface area contributed by atoms with Gasteiger partial charge in [0.2, 0.25) is 0 Å². The summed E-state index contributed by atoms with van der Waals surface area (Å²) in [5.41, 5.74) is 5.21. The lowest BCUT2D eigenvalue weighted by Crippen LogP contribution is -2.35. The molecule has 0 spiro atoms. The average Bonchev–Trinajstić information content (AvgIpc) is 3.08. The number of carbonyl (C=O) groups is 2. The van der Waals surface area contributed by atoms with Crippen molar-refractivity contribution >= 4 is 11.8 Å². The second-order valence-corrected chi connectivity index (χ2v) is 10.4. The maximum atomic E-state index is 13.0. The van der Waals surface area contributed by atoms with Crippen molar-refractivity contribution < 1.29 is 19.1 Å². The molecule has 0 radical (unpaired) electrons. The van der Waals surface area contributed by atoms with Gasteiger partial charge in [-0.15, -0.1) is 0 Å². The minimum absolute atomic E-state index is 0.0257. The fourth-order valence-corrected chi connectivity index (χ4v) is 4.58.